The highest BCUT2D eigenvalue weighted by atomic mass is 35.5. The molecule has 2 aliphatic heterocycles. The number of ether oxygens (including phenoxy) is 1. The first-order valence-electron chi connectivity index (χ1n) is 9.80. The van der Waals surface area contributed by atoms with Gasteiger partial charge in [-0.25, -0.2) is 5.43 Å². The maximum absolute atomic E-state index is 9.92. The van der Waals surface area contributed by atoms with Crippen molar-refractivity contribution < 1.29 is 9.84 Å². The Labute approximate surface area is 174 Å². The van der Waals surface area contributed by atoms with Crippen LogP contribution in [0.5, 0.6) is 5.75 Å². The third kappa shape index (κ3) is 5.04. The molecule has 0 unspecified atom stereocenters. The van der Waals surface area contributed by atoms with E-state index in [9.17, 15) is 5.11 Å². The van der Waals surface area contributed by atoms with Crippen LogP contribution in [0.4, 0.5) is 17.8 Å². The number of hydrazone groups is 1. The van der Waals surface area contributed by atoms with Crippen molar-refractivity contribution in [3.8, 4) is 5.75 Å². The Hall–Kier alpha value is -2.65. The number of piperidine rings is 1. The minimum atomic E-state index is 0.0959. The van der Waals surface area contributed by atoms with E-state index in [1.165, 1.54) is 18.7 Å². The summed E-state index contributed by atoms with van der Waals surface area (Å²) in [5.41, 5.74) is 3.37. The summed E-state index contributed by atoms with van der Waals surface area (Å²) in [6, 6.07) is 4.78. The van der Waals surface area contributed by atoms with Gasteiger partial charge in [-0.2, -0.15) is 20.1 Å². The Morgan fingerprint density at radius 2 is 1.69 bits per heavy atom. The number of aromatic hydroxyl groups is 1. The maximum atomic E-state index is 9.92. The molecule has 1 aromatic carbocycles. The van der Waals surface area contributed by atoms with Crippen molar-refractivity contribution in [2.45, 2.75) is 19.3 Å². The van der Waals surface area contributed by atoms with Gasteiger partial charge in [0.1, 0.15) is 5.75 Å². The third-order valence-electron chi connectivity index (χ3n) is 4.90. The number of aromatic nitrogens is 3. The fourth-order valence-corrected chi connectivity index (χ4v) is 3.51. The average molecular weight is 418 g/mol. The first-order valence-corrected chi connectivity index (χ1v) is 10.2. The van der Waals surface area contributed by atoms with Gasteiger partial charge in [-0.3, -0.25) is 0 Å². The number of hydrogen-bond donors (Lipinski definition) is 2. The number of anilines is 3. The van der Waals surface area contributed by atoms with Crippen LogP contribution in [0.1, 0.15) is 24.8 Å². The van der Waals surface area contributed by atoms with Crippen LogP contribution in [0.15, 0.2) is 23.3 Å². The van der Waals surface area contributed by atoms with Gasteiger partial charge in [0, 0.05) is 36.8 Å². The number of halogens is 1. The van der Waals surface area contributed by atoms with E-state index in [0.717, 1.165) is 39.0 Å². The largest absolute Gasteiger partial charge is 0.507 e. The van der Waals surface area contributed by atoms with E-state index in [1.54, 1.807) is 12.1 Å². The molecule has 154 valence electrons. The molecule has 29 heavy (non-hydrogen) atoms. The molecule has 0 atom stereocenters. The van der Waals surface area contributed by atoms with Crippen molar-refractivity contribution in [2.24, 2.45) is 5.10 Å². The monoisotopic (exact) mass is 417 g/mol. The van der Waals surface area contributed by atoms with Crippen molar-refractivity contribution in [3.63, 3.8) is 0 Å². The van der Waals surface area contributed by atoms with Gasteiger partial charge in [-0.05, 0) is 37.5 Å². The summed E-state index contributed by atoms with van der Waals surface area (Å²) >= 11 is 5.98. The number of rotatable bonds is 5. The number of nitrogens with one attached hydrogen (secondary N) is 1. The quantitative estimate of drug-likeness (QED) is 0.565. The molecular weight excluding hydrogens is 394 g/mol. The number of phenolic OH excluding ortho intramolecular Hbond substituents is 1. The Morgan fingerprint density at radius 1 is 1.00 bits per heavy atom. The Kier molecular flexibility index (Phi) is 6.26. The smallest absolute Gasteiger partial charge is 0.250 e. The molecule has 0 saturated carbocycles. The number of phenols is 1. The lowest BCUT2D eigenvalue weighted by molar-refractivity contribution is 0.122. The number of morpholine rings is 1. The Bertz CT molecular complexity index is 831. The Morgan fingerprint density at radius 3 is 2.41 bits per heavy atom. The van der Waals surface area contributed by atoms with E-state index in [2.05, 4.69) is 30.3 Å². The van der Waals surface area contributed by atoms with E-state index < -0.39 is 0 Å². The molecular formula is C19H24ClN7O2. The van der Waals surface area contributed by atoms with Crippen LogP contribution in [0.3, 0.4) is 0 Å². The van der Waals surface area contributed by atoms with E-state index in [4.69, 9.17) is 21.3 Å². The summed E-state index contributed by atoms with van der Waals surface area (Å²) in [4.78, 5) is 18.1. The van der Waals surface area contributed by atoms with Crippen LogP contribution >= 0.6 is 11.6 Å². The summed E-state index contributed by atoms with van der Waals surface area (Å²) in [6.45, 7) is 4.65. The molecule has 10 heteroatoms. The summed E-state index contributed by atoms with van der Waals surface area (Å²) in [5, 5.41) is 14.6. The van der Waals surface area contributed by atoms with Gasteiger partial charge in [-0.15, -0.1) is 0 Å². The van der Waals surface area contributed by atoms with Gasteiger partial charge in [0.05, 0.1) is 19.4 Å². The summed E-state index contributed by atoms with van der Waals surface area (Å²) in [5.74, 6) is 1.73. The lowest BCUT2D eigenvalue weighted by atomic mass is 10.1. The highest BCUT2D eigenvalue weighted by Gasteiger charge is 2.20. The van der Waals surface area contributed by atoms with Crippen LogP contribution in [0, 0.1) is 0 Å². The molecule has 0 spiro atoms. The second kappa shape index (κ2) is 9.23. The zero-order chi connectivity index (χ0) is 20.1. The van der Waals surface area contributed by atoms with Gasteiger partial charge in [-0.1, -0.05) is 11.6 Å². The predicted octanol–water partition coefficient (Wildman–Crippen LogP) is 2.50. The van der Waals surface area contributed by atoms with Crippen molar-refractivity contribution >= 4 is 35.7 Å². The normalized spacial score (nSPS) is 17.7. The van der Waals surface area contributed by atoms with Crippen LogP contribution in [-0.4, -0.2) is 65.7 Å². The number of hydrogen-bond acceptors (Lipinski definition) is 9. The van der Waals surface area contributed by atoms with Crippen LogP contribution in [0.25, 0.3) is 0 Å². The zero-order valence-electron chi connectivity index (χ0n) is 16.1. The van der Waals surface area contributed by atoms with E-state index in [1.807, 2.05) is 0 Å². The molecule has 0 amide bonds. The SMILES string of the molecule is Oc1ccc(Cl)cc1/C=N/Nc1nc(N2CCCCC2)nc(N2CCOCC2)n1. The minimum absolute atomic E-state index is 0.0959. The molecule has 2 aliphatic rings. The highest BCUT2D eigenvalue weighted by Crippen LogP contribution is 2.22. The summed E-state index contributed by atoms with van der Waals surface area (Å²) < 4.78 is 5.44. The second-order valence-corrected chi connectivity index (χ2v) is 7.42. The van der Waals surface area contributed by atoms with Gasteiger partial charge in [0.25, 0.3) is 0 Å². The summed E-state index contributed by atoms with van der Waals surface area (Å²) in [7, 11) is 0. The lowest BCUT2D eigenvalue weighted by Crippen LogP contribution is -2.38. The third-order valence-corrected chi connectivity index (χ3v) is 5.14. The molecule has 0 aliphatic carbocycles. The van der Waals surface area contributed by atoms with Gasteiger partial charge in [0.2, 0.25) is 17.8 Å². The molecule has 1 aromatic heterocycles. The first-order chi connectivity index (χ1) is 14.2. The molecule has 2 aromatic rings. The van der Waals surface area contributed by atoms with Crippen molar-refractivity contribution in [1.82, 2.24) is 15.0 Å². The molecule has 2 saturated heterocycles. The molecule has 0 bridgehead atoms. The molecule has 2 fully saturated rings. The summed E-state index contributed by atoms with van der Waals surface area (Å²) in [6.07, 6.45) is 4.98. The number of benzene rings is 1. The molecule has 3 heterocycles. The fraction of sp³-hybridized carbons (Fsp3) is 0.474. The standard InChI is InChI=1S/C19H24ClN7O2/c20-15-4-5-16(28)14(12-15)13-21-25-17-22-18(26-6-2-1-3-7-26)24-19(23-17)27-8-10-29-11-9-27/h4-5,12-13,28H,1-3,6-11H2,(H,22,23,24,25)/b21-13+. The molecule has 2 N–H and O–H groups in total. The fourth-order valence-electron chi connectivity index (χ4n) is 3.33. The van der Waals surface area contributed by atoms with Crippen molar-refractivity contribution in [2.75, 3.05) is 54.6 Å². The highest BCUT2D eigenvalue weighted by molar-refractivity contribution is 6.30. The van der Waals surface area contributed by atoms with Crippen molar-refractivity contribution in [3.05, 3.63) is 28.8 Å². The van der Waals surface area contributed by atoms with E-state index >= 15 is 0 Å². The van der Waals surface area contributed by atoms with Crippen LogP contribution in [0.2, 0.25) is 5.02 Å². The lowest BCUT2D eigenvalue weighted by Gasteiger charge is -2.30. The molecule has 0 radical (unpaired) electrons. The number of nitrogens with zero attached hydrogens (tertiary/aromatic N) is 6. The first kappa shape index (κ1) is 19.7. The zero-order valence-corrected chi connectivity index (χ0v) is 16.8. The predicted molar refractivity (Wildman–Crippen MR) is 113 cm³/mol. The van der Waals surface area contributed by atoms with E-state index in [-0.39, 0.29) is 5.75 Å². The molecule has 9 nitrogen and oxygen atoms in total. The maximum Gasteiger partial charge on any atom is 0.250 e. The van der Waals surface area contributed by atoms with E-state index in [0.29, 0.717) is 41.6 Å². The van der Waals surface area contributed by atoms with Crippen molar-refractivity contribution in [1.29, 1.82) is 0 Å². The average Bonchev–Trinajstić information content (AvgIpc) is 2.77. The second-order valence-electron chi connectivity index (χ2n) is 6.98. The van der Waals surface area contributed by atoms with Crippen LogP contribution in [-0.2, 0) is 4.74 Å². The van der Waals surface area contributed by atoms with Gasteiger partial charge >= 0.3 is 0 Å². The molecule has 4 rings (SSSR count). The topological polar surface area (TPSA) is 99.0 Å². The minimum Gasteiger partial charge on any atom is -0.507 e. The van der Waals surface area contributed by atoms with Crippen LogP contribution < -0.4 is 15.2 Å². The van der Waals surface area contributed by atoms with Gasteiger partial charge < -0.3 is 19.6 Å². The van der Waals surface area contributed by atoms with Gasteiger partial charge in [0.15, 0.2) is 0 Å². The Balaban J connectivity index is 1.57.